The predicted octanol–water partition coefficient (Wildman–Crippen LogP) is 5.25. The van der Waals surface area contributed by atoms with Gasteiger partial charge in [-0.15, -0.1) is 0 Å². The van der Waals surface area contributed by atoms with Crippen LogP contribution in [0, 0.1) is 18.8 Å². The molecule has 0 unspecified atom stereocenters. The quantitative estimate of drug-likeness (QED) is 0.509. The van der Waals surface area contributed by atoms with Gasteiger partial charge in [0.15, 0.2) is 11.5 Å². The first-order valence-corrected chi connectivity index (χ1v) is 12.4. The van der Waals surface area contributed by atoms with Crippen LogP contribution in [-0.4, -0.2) is 54.3 Å². The van der Waals surface area contributed by atoms with Crippen molar-refractivity contribution in [3.05, 3.63) is 30.1 Å². The van der Waals surface area contributed by atoms with Gasteiger partial charge in [-0.3, -0.25) is 0 Å². The summed E-state index contributed by atoms with van der Waals surface area (Å²) in [5, 5.41) is 6.97. The first-order valence-electron chi connectivity index (χ1n) is 12.4. The Hall–Kier alpha value is -2.54. The predicted molar refractivity (Wildman–Crippen MR) is 134 cm³/mol. The van der Waals surface area contributed by atoms with Crippen LogP contribution in [0.4, 0.5) is 17.3 Å². The fourth-order valence-electron chi connectivity index (χ4n) is 4.72. The highest BCUT2D eigenvalue weighted by atomic mass is 16.5. The van der Waals surface area contributed by atoms with Crippen molar-refractivity contribution in [3.63, 3.8) is 0 Å². The van der Waals surface area contributed by atoms with Crippen LogP contribution in [0.2, 0.25) is 0 Å². The molecule has 1 saturated heterocycles. The number of nitrogens with one attached hydrogen (secondary N) is 2. The maximum atomic E-state index is 6.14. The Morgan fingerprint density at radius 1 is 1.03 bits per heavy atom. The van der Waals surface area contributed by atoms with Gasteiger partial charge in [0.1, 0.15) is 11.6 Å². The van der Waals surface area contributed by atoms with Gasteiger partial charge in [-0.05, 0) is 45.6 Å². The molecular weight excluding hydrogens is 414 g/mol. The number of pyridine rings is 2. The van der Waals surface area contributed by atoms with Crippen LogP contribution in [0.15, 0.2) is 24.4 Å². The zero-order valence-electron chi connectivity index (χ0n) is 20.6. The minimum absolute atomic E-state index is 0.558. The SMILES string of the molecule is COc1cnc(Nc2cc(C)nc(NCC3CCCCC3)c2)cc1OCC1CN(C(C)C)C1. The molecule has 33 heavy (non-hydrogen) atoms. The highest BCUT2D eigenvalue weighted by molar-refractivity contribution is 5.63. The molecule has 0 amide bonds. The van der Waals surface area contributed by atoms with E-state index in [1.54, 1.807) is 13.3 Å². The van der Waals surface area contributed by atoms with Crippen molar-refractivity contribution in [2.45, 2.75) is 58.9 Å². The summed E-state index contributed by atoms with van der Waals surface area (Å²) in [5.74, 6) is 4.33. The highest BCUT2D eigenvalue weighted by Gasteiger charge is 2.29. The van der Waals surface area contributed by atoms with E-state index < -0.39 is 0 Å². The molecule has 2 fully saturated rings. The van der Waals surface area contributed by atoms with E-state index in [4.69, 9.17) is 9.47 Å². The Balaban J connectivity index is 1.37. The molecule has 180 valence electrons. The molecular formula is C26H39N5O2. The van der Waals surface area contributed by atoms with Gasteiger partial charge in [0.25, 0.3) is 0 Å². The topological polar surface area (TPSA) is 71.5 Å². The number of hydrogen-bond donors (Lipinski definition) is 2. The molecule has 0 atom stereocenters. The van der Waals surface area contributed by atoms with E-state index in [2.05, 4.69) is 45.4 Å². The summed E-state index contributed by atoms with van der Waals surface area (Å²) >= 11 is 0. The third-order valence-electron chi connectivity index (χ3n) is 6.76. The average molecular weight is 454 g/mol. The standard InChI is InChI=1S/C26H39N5O2/c1-18(2)31-15-21(16-31)17-33-23-12-26(28-14-24(23)32-4)30-22-10-19(3)29-25(11-22)27-13-20-8-6-5-7-9-20/h10-12,14,18,20-21H,5-9,13,15-17H2,1-4H3,(H2,27,28,29,30). The van der Waals surface area contributed by atoms with Gasteiger partial charge in [0, 0.05) is 55.1 Å². The molecule has 1 saturated carbocycles. The van der Waals surface area contributed by atoms with Gasteiger partial charge in [-0.25, -0.2) is 9.97 Å². The van der Waals surface area contributed by atoms with Gasteiger partial charge in [0.2, 0.25) is 0 Å². The van der Waals surface area contributed by atoms with Gasteiger partial charge in [-0.2, -0.15) is 0 Å². The number of likely N-dealkylation sites (tertiary alicyclic amines) is 1. The second kappa shape index (κ2) is 11.1. The molecule has 0 aromatic carbocycles. The van der Waals surface area contributed by atoms with Crippen LogP contribution in [0.25, 0.3) is 0 Å². The van der Waals surface area contributed by atoms with E-state index in [1.807, 2.05) is 19.1 Å². The molecule has 1 aliphatic carbocycles. The lowest BCUT2D eigenvalue weighted by Crippen LogP contribution is -2.52. The summed E-state index contributed by atoms with van der Waals surface area (Å²) in [6, 6.07) is 6.60. The van der Waals surface area contributed by atoms with E-state index >= 15 is 0 Å². The second-order valence-electron chi connectivity index (χ2n) is 9.84. The van der Waals surface area contributed by atoms with Gasteiger partial charge in [-0.1, -0.05) is 19.3 Å². The monoisotopic (exact) mass is 453 g/mol. The normalized spacial score (nSPS) is 17.6. The Morgan fingerprint density at radius 2 is 1.82 bits per heavy atom. The maximum Gasteiger partial charge on any atom is 0.179 e. The number of aryl methyl sites for hydroxylation is 1. The summed E-state index contributed by atoms with van der Waals surface area (Å²) in [6.07, 6.45) is 8.44. The van der Waals surface area contributed by atoms with E-state index in [1.165, 1.54) is 32.1 Å². The van der Waals surface area contributed by atoms with Crippen LogP contribution < -0.4 is 20.1 Å². The van der Waals surface area contributed by atoms with E-state index in [9.17, 15) is 0 Å². The minimum Gasteiger partial charge on any atom is -0.491 e. The minimum atomic E-state index is 0.558. The number of aromatic nitrogens is 2. The zero-order chi connectivity index (χ0) is 23.2. The first-order chi connectivity index (χ1) is 16.0. The lowest BCUT2D eigenvalue weighted by Gasteiger charge is -2.41. The van der Waals surface area contributed by atoms with Crippen molar-refractivity contribution in [2.24, 2.45) is 11.8 Å². The molecule has 3 heterocycles. The summed E-state index contributed by atoms with van der Waals surface area (Å²) in [5.41, 5.74) is 1.93. The molecule has 0 spiro atoms. The van der Waals surface area contributed by atoms with Crippen LogP contribution in [0.3, 0.4) is 0 Å². The van der Waals surface area contributed by atoms with Gasteiger partial charge >= 0.3 is 0 Å². The van der Waals surface area contributed by atoms with Crippen molar-refractivity contribution in [3.8, 4) is 11.5 Å². The van der Waals surface area contributed by atoms with Crippen molar-refractivity contribution < 1.29 is 9.47 Å². The summed E-state index contributed by atoms with van der Waals surface area (Å²) < 4.78 is 11.6. The third kappa shape index (κ3) is 6.50. The van der Waals surface area contributed by atoms with Crippen molar-refractivity contribution >= 4 is 17.3 Å². The molecule has 2 aromatic heterocycles. The van der Waals surface area contributed by atoms with Crippen LogP contribution >= 0.6 is 0 Å². The molecule has 0 radical (unpaired) electrons. The second-order valence-corrected chi connectivity index (χ2v) is 9.84. The fraction of sp³-hybridized carbons (Fsp3) is 0.615. The van der Waals surface area contributed by atoms with E-state index in [0.29, 0.717) is 24.3 Å². The Kier molecular flexibility index (Phi) is 7.91. The lowest BCUT2D eigenvalue weighted by atomic mass is 9.89. The lowest BCUT2D eigenvalue weighted by molar-refractivity contribution is 0.0369. The number of methoxy groups -OCH3 is 1. The largest absolute Gasteiger partial charge is 0.491 e. The smallest absolute Gasteiger partial charge is 0.179 e. The number of rotatable bonds is 10. The number of ether oxygens (including phenoxy) is 2. The first kappa shape index (κ1) is 23.6. The van der Waals surface area contributed by atoms with Crippen LogP contribution in [0.5, 0.6) is 11.5 Å². The van der Waals surface area contributed by atoms with Crippen molar-refractivity contribution in [2.75, 3.05) is 44.0 Å². The Labute approximate surface area is 198 Å². The van der Waals surface area contributed by atoms with E-state index in [-0.39, 0.29) is 0 Å². The Bertz CT molecular complexity index is 908. The molecule has 2 N–H and O–H groups in total. The molecule has 2 aliphatic rings. The van der Waals surface area contributed by atoms with Crippen molar-refractivity contribution in [1.29, 1.82) is 0 Å². The maximum absolute atomic E-state index is 6.14. The Morgan fingerprint density at radius 3 is 2.55 bits per heavy atom. The molecule has 7 heteroatoms. The molecule has 7 nitrogen and oxygen atoms in total. The molecule has 0 bridgehead atoms. The van der Waals surface area contributed by atoms with E-state index in [0.717, 1.165) is 54.3 Å². The number of nitrogens with zero attached hydrogens (tertiary/aromatic N) is 3. The summed E-state index contributed by atoms with van der Waals surface area (Å²) in [7, 11) is 1.65. The van der Waals surface area contributed by atoms with Gasteiger partial charge in [0.05, 0.1) is 19.9 Å². The average Bonchev–Trinajstić information content (AvgIpc) is 2.77. The van der Waals surface area contributed by atoms with Crippen LogP contribution in [0.1, 0.15) is 51.6 Å². The fourth-order valence-corrected chi connectivity index (χ4v) is 4.72. The van der Waals surface area contributed by atoms with Crippen LogP contribution in [-0.2, 0) is 0 Å². The molecule has 2 aromatic rings. The van der Waals surface area contributed by atoms with Crippen molar-refractivity contribution in [1.82, 2.24) is 14.9 Å². The number of anilines is 3. The van der Waals surface area contributed by atoms with Gasteiger partial charge < -0.3 is 25.0 Å². The summed E-state index contributed by atoms with van der Waals surface area (Å²) in [4.78, 5) is 11.6. The molecule has 1 aliphatic heterocycles. The summed E-state index contributed by atoms with van der Waals surface area (Å²) in [6.45, 7) is 10.3. The number of hydrogen-bond acceptors (Lipinski definition) is 7. The highest BCUT2D eigenvalue weighted by Crippen LogP contribution is 2.31. The molecule has 4 rings (SSSR count). The third-order valence-corrected chi connectivity index (χ3v) is 6.76. The zero-order valence-corrected chi connectivity index (χ0v) is 20.6.